The lowest BCUT2D eigenvalue weighted by Crippen LogP contribution is -2.37. The average molecular weight is 1020 g/mol. The molecule has 8 aromatic rings. The summed E-state index contributed by atoms with van der Waals surface area (Å²) < 4.78 is 7.52. The molecule has 0 saturated heterocycles. The number of fused-ring (bicyclic) bond motifs is 8. The van der Waals surface area contributed by atoms with Gasteiger partial charge in [-0.2, -0.15) is 0 Å². The second-order valence-corrected chi connectivity index (χ2v) is 26.4. The van der Waals surface area contributed by atoms with E-state index in [-0.39, 0.29) is 33.7 Å². The normalized spacial score (nSPS) is 18.9. The quantitative estimate of drug-likeness (QED) is 0.151. The fourth-order valence-corrected chi connectivity index (χ4v) is 13.1. The zero-order valence-electron chi connectivity index (χ0n) is 48.0. The van der Waals surface area contributed by atoms with E-state index in [1.165, 1.54) is 72.0 Å². The molecule has 3 nitrogen and oxygen atoms in total. The molecular weight excluding hydrogens is 945 g/mol. The number of para-hydroxylation sites is 1. The van der Waals surface area contributed by atoms with Crippen LogP contribution >= 0.6 is 0 Å². The zero-order valence-corrected chi connectivity index (χ0v) is 48.0. The molecule has 0 aromatic heterocycles. The Morgan fingerprint density at radius 2 is 0.949 bits per heavy atom. The minimum absolute atomic E-state index is 0.00111. The van der Waals surface area contributed by atoms with Gasteiger partial charge in [-0.05, 0) is 157 Å². The molecule has 0 N–H and O–H groups in total. The Bertz CT molecular complexity index is 3600. The second kappa shape index (κ2) is 18.8. The first-order valence-electron chi connectivity index (χ1n) is 28.5. The fourth-order valence-electron chi connectivity index (χ4n) is 13.1. The van der Waals surface area contributed by atoms with E-state index in [2.05, 4.69) is 299 Å². The van der Waals surface area contributed by atoms with Crippen LogP contribution in [0.5, 0.6) is 5.75 Å². The summed E-state index contributed by atoms with van der Waals surface area (Å²) in [6.07, 6.45) is 11.3. The highest BCUT2D eigenvalue weighted by Gasteiger charge is 2.56. The third kappa shape index (κ3) is 8.57. The van der Waals surface area contributed by atoms with Gasteiger partial charge < -0.3 is 14.5 Å². The summed E-state index contributed by atoms with van der Waals surface area (Å²) in [5, 5.41) is 2.46. The number of ether oxygens (including phenoxy) is 1. The van der Waals surface area contributed by atoms with Crippen molar-refractivity contribution in [1.29, 1.82) is 0 Å². The van der Waals surface area contributed by atoms with E-state index in [0.29, 0.717) is 0 Å². The van der Waals surface area contributed by atoms with Crippen molar-refractivity contribution >= 4 is 44.8 Å². The monoisotopic (exact) mass is 1020 g/mol. The van der Waals surface area contributed by atoms with Gasteiger partial charge >= 0.3 is 0 Å². The Labute approximate surface area is 465 Å². The highest BCUT2D eigenvalue weighted by atomic mass is 16.5. The maximum absolute atomic E-state index is 7.52. The Morgan fingerprint density at radius 3 is 1.44 bits per heavy atom. The van der Waals surface area contributed by atoms with Gasteiger partial charge in [0.2, 0.25) is 0 Å². The van der Waals surface area contributed by atoms with E-state index in [9.17, 15) is 0 Å². The molecule has 0 saturated carbocycles. The van der Waals surface area contributed by atoms with Crippen LogP contribution in [0.4, 0.5) is 28.4 Å². The van der Waals surface area contributed by atoms with Crippen LogP contribution in [0.1, 0.15) is 146 Å². The average Bonchev–Trinajstić information content (AvgIpc) is 2.80. The molecule has 1 aliphatic heterocycles. The first-order valence-corrected chi connectivity index (χ1v) is 28.5. The van der Waals surface area contributed by atoms with Gasteiger partial charge in [0.25, 0.3) is 0 Å². The predicted molar refractivity (Wildman–Crippen MR) is 331 cm³/mol. The predicted octanol–water partition coefficient (Wildman–Crippen LogP) is 20.1. The van der Waals surface area contributed by atoms with Crippen LogP contribution in [0.3, 0.4) is 0 Å². The molecule has 8 aromatic carbocycles. The first-order chi connectivity index (χ1) is 37.2. The molecule has 0 bridgehead atoms. The van der Waals surface area contributed by atoms with E-state index < -0.39 is 5.41 Å². The lowest BCUT2D eigenvalue weighted by atomic mass is 9.63. The summed E-state index contributed by atoms with van der Waals surface area (Å²) in [4.78, 5) is 5.06. The molecule has 0 amide bonds. The third-order valence-electron chi connectivity index (χ3n) is 17.3. The van der Waals surface area contributed by atoms with Crippen LogP contribution in [0.2, 0.25) is 0 Å². The highest BCUT2D eigenvalue weighted by Crippen LogP contribution is 2.66. The maximum atomic E-state index is 7.52. The van der Waals surface area contributed by atoms with Crippen molar-refractivity contribution in [1.82, 2.24) is 0 Å². The van der Waals surface area contributed by atoms with Crippen LogP contribution < -0.4 is 14.5 Å². The second-order valence-electron chi connectivity index (χ2n) is 26.4. The van der Waals surface area contributed by atoms with E-state index in [0.717, 1.165) is 52.7 Å². The first kappa shape index (κ1) is 51.2. The van der Waals surface area contributed by atoms with Crippen LogP contribution in [0.25, 0.3) is 16.3 Å². The van der Waals surface area contributed by atoms with Crippen molar-refractivity contribution in [3.8, 4) is 5.75 Å². The molecule has 0 fully saturated rings. The van der Waals surface area contributed by atoms with E-state index in [4.69, 9.17) is 4.74 Å². The molecule has 3 unspecified atom stereocenters. The molecule has 3 aliphatic carbocycles. The number of allylic oxidation sites excluding steroid dienone is 6. The molecule has 392 valence electrons. The van der Waals surface area contributed by atoms with Gasteiger partial charge in [0, 0.05) is 33.7 Å². The summed E-state index contributed by atoms with van der Waals surface area (Å²) in [6.45, 7) is 27.6. The van der Waals surface area contributed by atoms with Crippen molar-refractivity contribution in [2.24, 2.45) is 0 Å². The number of nitrogens with zero attached hydrogens (tertiary/aromatic N) is 2. The molecule has 1 heterocycles. The maximum Gasteiger partial charge on any atom is 0.150 e. The van der Waals surface area contributed by atoms with Crippen molar-refractivity contribution < 1.29 is 4.74 Å². The minimum Gasteiger partial charge on any atom is -0.483 e. The summed E-state index contributed by atoms with van der Waals surface area (Å²) in [7, 11) is 0. The zero-order chi connectivity index (χ0) is 54.5. The van der Waals surface area contributed by atoms with E-state index in [1.54, 1.807) is 0 Å². The largest absolute Gasteiger partial charge is 0.483 e. The molecule has 12 rings (SSSR count). The number of rotatable bonds is 8. The van der Waals surface area contributed by atoms with Gasteiger partial charge in [-0.1, -0.05) is 228 Å². The molecule has 4 aliphatic rings. The molecule has 3 atom stereocenters. The van der Waals surface area contributed by atoms with Crippen LogP contribution in [0, 0.1) is 0 Å². The van der Waals surface area contributed by atoms with Crippen molar-refractivity contribution in [2.75, 3.05) is 9.80 Å². The minimum atomic E-state index is -0.682. The van der Waals surface area contributed by atoms with Gasteiger partial charge in [0.1, 0.15) is 11.9 Å². The number of hydrogen-bond donors (Lipinski definition) is 0. The van der Waals surface area contributed by atoms with Crippen LogP contribution in [0.15, 0.2) is 223 Å². The van der Waals surface area contributed by atoms with Gasteiger partial charge in [-0.25, -0.2) is 0 Å². The van der Waals surface area contributed by atoms with Gasteiger partial charge in [0.15, 0.2) is 0 Å². The number of anilines is 5. The van der Waals surface area contributed by atoms with E-state index >= 15 is 0 Å². The molecule has 78 heavy (non-hydrogen) atoms. The highest BCUT2D eigenvalue weighted by molar-refractivity contribution is 6.10. The van der Waals surface area contributed by atoms with Gasteiger partial charge in [-0.15, -0.1) is 0 Å². The summed E-state index contributed by atoms with van der Waals surface area (Å²) in [5.41, 5.74) is 20.5. The topological polar surface area (TPSA) is 15.7 Å². The molecule has 0 radical (unpaired) electrons. The number of benzene rings is 8. The van der Waals surface area contributed by atoms with Crippen molar-refractivity contribution in [3.05, 3.63) is 268 Å². The Hall–Kier alpha value is -7.62. The van der Waals surface area contributed by atoms with Crippen molar-refractivity contribution in [2.45, 2.75) is 135 Å². The Morgan fingerprint density at radius 1 is 0.487 bits per heavy atom. The molecule has 0 spiro atoms. The number of hydrogen-bond acceptors (Lipinski definition) is 3. The fraction of sp³-hybridized carbons (Fsp3) is 0.280. The molecular formula is C75H76N2O. The summed E-state index contributed by atoms with van der Waals surface area (Å²) in [5.74, 6) is 0.826. The summed E-state index contributed by atoms with van der Waals surface area (Å²) in [6, 6.07) is 69.5. The Kier molecular flexibility index (Phi) is 12.3. The summed E-state index contributed by atoms with van der Waals surface area (Å²) >= 11 is 0. The lowest BCUT2D eigenvalue weighted by molar-refractivity contribution is 0.255. The Balaban J connectivity index is 1.20. The SMILES string of the molecule is CC(C)(C)c1ccc(N(C2=CC3=C(c4c(cc(N(c5ccc(C(C)(C)C)cc5)c5ccc(C(C)(C)C)cc5)c5ccccc45)C3(C3=CC=CCC3)c3ccccc3)C3c4ccccc4OC23)c2ccc(C(C)(C)C)cc2)cc1. The van der Waals surface area contributed by atoms with Crippen molar-refractivity contribution in [3.63, 3.8) is 0 Å². The molecule has 3 heteroatoms. The van der Waals surface area contributed by atoms with Gasteiger partial charge in [0.05, 0.1) is 22.7 Å². The third-order valence-corrected chi connectivity index (χ3v) is 17.3. The van der Waals surface area contributed by atoms with Crippen LogP contribution in [-0.4, -0.2) is 6.10 Å². The smallest absolute Gasteiger partial charge is 0.150 e. The lowest BCUT2D eigenvalue weighted by Gasteiger charge is -2.41. The van der Waals surface area contributed by atoms with Gasteiger partial charge in [-0.3, -0.25) is 0 Å². The van der Waals surface area contributed by atoms with E-state index in [1.807, 2.05) is 0 Å². The van der Waals surface area contributed by atoms with Crippen LogP contribution in [-0.2, 0) is 27.1 Å². The standard InChI is InChI=1S/C75H76N2O/c1-71(2,3)49-31-39-55(40-32-49)76(56-41-33-50(34-42-56)72(4,5)6)64-47-62-67(60-28-20-19-27-59(60)64)69-63(75(62,53-23-15-13-16-24-53)54-25-17-14-18-26-54)48-65(70-68(69)61-29-21-22-30-66(61)78-70)77(57-43-35-51(36-44-57)73(7,8)9)58-45-37-52(38-46-58)74(10,11)12/h13-17,19-25,27-48,68,70H,18,26H2,1-12H3.